The fourth-order valence-electron chi connectivity index (χ4n) is 2.95. The third kappa shape index (κ3) is 4.87. The third-order valence-electron chi connectivity index (χ3n) is 4.68. The number of likely N-dealkylation sites (N-methyl/N-ethyl adjacent to an activating group) is 1. The van der Waals surface area contributed by atoms with E-state index in [4.69, 9.17) is 16.3 Å². The highest BCUT2D eigenvalue weighted by atomic mass is 35.5. The van der Waals surface area contributed by atoms with E-state index < -0.39 is 0 Å². The number of benzene rings is 1. The summed E-state index contributed by atoms with van der Waals surface area (Å²) in [7, 11) is 0. The number of rotatable bonds is 5. The van der Waals surface area contributed by atoms with Crippen molar-refractivity contribution in [1.29, 1.82) is 0 Å². The highest BCUT2D eigenvalue weighted by molar-refractivity contribution is 6.32. The maximum absolute atomic E-state index is 6.36. The smallest absolute Gasteiger partial charge is 0.138 e. The van der Waals surface area contributed by atoms with Gasteiger partial charge in [0.05, 0.1) is 11.6 Å². The van der Waals surface area contributed by atoms with Crippen LogP contribution in [0.5, 0.6) is 5.75 Å². The minimum atomic E-state index is 0.119. The molecule has 0 unspecified atom stereocenters. The van der Waals surface area contributed by atoms with Gasteiger partial charge in [-0.15, -0.1) is 0 Å². The molecule has 1 aromatic carbocycles. The summed E-state index contributed by atoms with van der Waals surface area (Å²) in [6.07, 6.45) is 0. The van der Waals surface area contributed by atoms with Crippen molar-refractivity contribution in [1.82, 2.24) is 0 Å². The number of nitrogens with one attached hydrogen (secondary N) is 2. The van der Waals surface area contributed by atoms with Crippen LogP contribution in [-0.4, -0.2) is 45.9 Å². The number of quaternary nitrogens is 2. The zero-order valence-corrected chi connectivity index (χ0v) is 15.2. The van der Waals surface area contributed by atoms with Crippen molar-refractivity contribution in [3.8, 4) is 5.75 Å². The Morgan fingerprint density at radius 1 is 1.09 bits per heavy atom. The quantitative estimate of drug-likeness (QED) is 0.820. The van der Waals surface area contributed by atoms with Crippen molar-refractivity contribution in [3.05, 3.63) is 28.8 Å². The van der Waals surface area contributed by atoms with Crippen LogP contribution < -0.4 is 14.5 Å². The molecule has 1 heterocycles. The van der Waals surface area contributed by atoms with Gasteiger partial charge >= 0.3 is 0 Å². The van der Waals surface area contributed by atoms with Crippen LogP contribution in [0.4, 0.5) is 0 Å². The largest absolute Gasteiger partial charge is 0.486 e. The van der Waals surface area contributed by atoms with Crippen molar-refractivity contribution >= 4 is 11.6 Å². The molecular weight excluding hydrogens is 296 g/mol. The van der Waals surface area contributed by atoms with Gasteiger partial charge in [0, 0.05) is 0 Å². The molecule has 22 heavy (non-hydrogen) atoms. The molecule has 4 heteroatoms. The van der Waals surface area contributed by atoms with Crippen molar-refractivity contribution in [2.24, 2.45) is 0 Å². The first-order chi connectivity index (χ1) is 10.4. The van der Waals surface area contributed by atoms with E-state index in [1.165, 1.54) is 38.3 Å². The van der Waals surface area contributed by atoms with E-state index in [1.54, 1.807) is 9.80 Å². The lowest BCUT2D eigenvalue weighted by Gasteiger charge is -2.28. The maximum Gasteiger partial charge on any atom is 0.138 e. The number of ether oxygens (including phenoxy) is 1. The second kappa shape index (κ2) is 7.67. The molecule has 0 spiro atoms. The summed E-state index contributed by atoms with van der Waals surface area (Å²) in [4.78, 5) is 3.38. The Labute approximate surface area is 140 Å². The Hall–Kier alpha value is -0.770. The number of hydrogen-bond acceptors (Lipinski definition) is 1. The Bertz CT molecular complexity index is 476. The average molecular weight is 327 g/mol. The Morgan fingerprint density at radius 3 is 2.27 bits per heavy atom. The van der Waals surface area contributed by atoms with Gasteiger partial charge in [-0.1, -0.05) is 38.4 Å². The van der Waals surface area contributed by atoms with E-state index in [1.807, 2.05) is 12.1 Å². The topological polar surface area (TPSA) is 18.1 Å². The van der Waals surface area contributed by atoms with Crippen molar-refractivity contribution < 1.29 is 14.5 Å². The molecule has 124 valence electrons. The molecule has 1 aromatic rings. The predicted molar refractivity (Wildman–Crippen MR) is 92.4 cm³/mol. The fourth-order valence-corrected chi connectivity index (χ4v) is 3.19. The number of halogens is 1. The van der Waals surface area contributed by atoms with Crippen LogP contribution in [0.2, 0.25) is 5.02 Å². The second-order valence-electron chi connectivity index (χ2n) is 7.35. The van der Waals surface area contributed by atoms with Gasteiger partial charge in [-0.25, -0.2) is 0 Å². The molecule has 2 N–H and O–H groups in total. The molecule has 2 rings (SSSR count). The van der Waals surface area contributed by atoms with Gasteiger partial charge in [-0.2, -0.15) is 0 Å². The molecule has 0 aromatic heterocycles. The summed E-state index contributed by atoms with van der Waals surface area (Å²) in [6, 6.07) is 6.17. The standard InChI is InChI=1S/C18H29ClN2O/c1-5-20-8-10-21(11-9-20)12-13-22-17-7-6-15(14-16(17)19)18(2,3)4/h6-7,14H,5,8-13H2,1-4H3/p+2. The first kappa shape index (κ1) is 17.6. The molecule has 1 fully saturated rings. The van der Waals surface area contributed by atoms with Crippen molar-refractivity contribution in [2.45, 2.75) is 33.1 Å². The first-order valence-electron chi connectivity index (χ1n) is 8.50. The van der Waals surface area contributed by atoms with Crippen LogP contribution >= 0.6 is 11.6 Å². The fraction of sp³-hybridized carbons (Fsp3) is 0.667. The van der Waals surface area contributed by atoms with E-state index >= 15 is 0 Å². The van der Waals surface area contributed by atoms with E-state index in [2.05, 4.69) is 33.8 Å². The minimum absolute atomic E-state index is 0.119. The van der Waals surface area contributed by atoms with E-state index in [9.17, 15) is 0 Å². The van der Waals surface area contributed by atoms with Crippen molar-refractivity contribution in [2.75, 3.05) is 45.9 Å². The van der Waals surface area contributed by atoms with E-state index in [0.29, 0.717) is 0 Å². The molecule has 0 amide bonds. The Kier molecular flexibility index (Phi) is 6.13. The third-order valence-corrected chi connectivity index (χ3v) is 4.97. The van der Waals surface area contributed by atoms with E-state index in [0.717, 1.165) is 23.9 Å². The average Bonchev–Trinajstić information content (AvgIpc) is 2.48. The van der Waals surface area contributed by atoms with Gasteiger partial charge in [0.2, 0.25) is 0 Å². The summed E-state index contributed by atoms with van der Waals surface area (Å²) in [5.41, 5.74) is 1.36. The SMILES string of the molecule is CC[NH+]1CC[NH+](CCOc2ccc(C(C)(C)C)cc2Cl)CC1. The van der Waals surface area contributed by atoms with Gasteiger partial charge < -0.3 is 14.5 Å². The van der Waals surface area contributed by atoms with Crippen LogP contribution in [0.15, 0.2) is 18.2 Å². The molecule has 1 saturated heterocycles. The second-order valence-corrected chi connectivity index (χ2v) is 7.75. The van der Waals surface area contributed by atoms with Crippen molar-refractivity contribution in [3.63, 3.8) is 0 Å². The van der Waals surface area contributed by atoms with Gasteiger partial charge in [-0.3, -0.25) is 0 Å². The monoisotopic (exact) mass is 326 g/mol. The number of piperazine rings is 1. The lowest BCUT2D eigenvalue weighted by atomic mass is 9.87. The van der Waals surface area contributed by atoms with Crippen LogP contribution in [-0.2, 0) is 5.41 Å². The minimum Gasteiger partial charge on any atom is -0.486 e. The summed E-state index contributed by atoms with van der Waals surface area (Å²) in [6.45, 7) is 17.0. The van der Waals surface area contributed by atoms with Gasteiger partial charge in [0.25, 0.3) is 0 Å². The van der Waals surface area contributed by atoms with Crippen LogP contribution in [0.25, 0.3) is 0 Å². The molecular formula is C18H31ClN2O+2. The Balaban J connectivity index is 1.80. The van der Waals surface area contributed by atoms with Gasteiger partial charge in [-0.05, 0) is 30.0 Å². The van der Waals surface area contributed by atoms with Crippen LogP contribution in [0, 0.1) is 0 Å². The molecule has 3 nitrogen and oxygen atoms in total. The molecule has 1 aliphatic rings. The lowest BCUT2D eigenvalue weighted by Crippen LogP contribution is -3.28. The number of hydrogen-bond donors (Lipinski definition) is 2. The zero-order chi connectivity index (χ0) is 16.2. The normalized spacial score (nSPS) is 22.6. The predicted octanol–water partition coefficient (Wildman–Crippen LogP) is 0.820. The summed E-state index contributed by atoms with van der Waals surface area (Å²) < 4.78 is 5.90. The lowest BCUT2D eigenvalue weighted by molar-refractivity contribution is -1.01. The molecule has 0 atom stereocenters. The maximum atomic E-state index is 6.36. The summed E-state index contributed by atoms with van der Waals surface area (Å²) in [5.74, 6) is 0.812. The van der Waals surface area contributed by atoms with Crippen LogP contribution in [0.3, 0.4) is 0 Å². The molecule has 0 bridgehead atoms. The highest BCUT2D eigenvalue weighted by Gasteiger charge is 2.21. The van der Waals surface area contributed by atoms with Gasteiger partial charge in [0.1, 0.15) is 45.1 Å². The molecule has 1 aliphatic heterocycles. The van der Waals surface area contributed by atoms with E-state index in [-0.39, 0.29) is 5.41 Å². The molecule has 0 aliphatic carbocycles. The first-order valence-corrected chi connectivity index (χ1v) is 8.88. The zero-order valence-electron chi connectivity index (χ0n) is 14.5. The van der Waals surface area contributed by atoms with Gasteiger partial charge in [0.15, 0.2) is 0 Å². The Morgan fingerprint density at radius 2 is 1.73 bits per heavy atom. The molecule has 0 radical (unpaired) electrons. The summed E-state index contributed by atoms with van der Waals surface area (Å²) >= 11 is 6.36. The molecule has 0 saturated carbocycles. The summed E-state index contributed by atoms with van der Waals surface area (Å²) in [5, 5.41) is 0.725. The highest BCUT2D eigenvalue weighted by Crippen LogP contribution is 2.30. The van der Waals surface area contributed by atoms with Crippen LogP contribution in [0.1, 0.15) is 33.3 Å².